The van der Waals surface area contributed by atoms with Gasteiger partial charge in [0.1, 0.15) is 72.1 Å². The first-order valence-corrected chi connectivity index (χ1v) is 39.0. The fraction of sp³-hybridized carbons (Fsp3) is 0.813. The number of amides is 12. The summed E-state index contributed by atoms with van der Waals surface area (Å²) in [4.78, 5) is 192. The lowest BCUT2D eigenvalue weighted by atomic mass is 9.74. The van der Waals surface area contributed by atoms with Gasteiger partial charge in [-0.25, -0.2) is 8.78 Å². The molecule has 0 aromatic heterocycles. The van der Waals surface area contributed by atoms with E-state index in [1.807, 2.05) is 0 Å². The maximum atomic E-state index is 15.7. The van der Waals surface area contributed by atoms with Crippen LogP contribution in [0.5, 0.6) is 0 Å². The van der Waals surface area contributed by atoms with Gasteiger partial charge < -0.3 is 69.5 Å². The Morgan fingerprint density at radius 2 is 1.26 bits per heavy atom. The quantitative estimate of drug-likeness (QED) is 0.152. The first kappa shape index (κ1) is 87.3. The van der Waals surface area contributed by atoms with Crippen molar-refractivity contribution in [2.45, 2.75) is 253 Å². The number of fused-ring (bicyclic) bond motifs is 3. The number of carbonyl (C=O) groups is 12. The van der Waals surface area contributed by atoms with E-state index in [0.29, 0.717) is 44.9 Å². The van der Waals surface area contributed by atoms with Crippen molar-refractivity contribution in [3.05, 3.63) is 12.7 Å². The topological polar surface area (TPSA) is 289 Å². The summed E-state index contributed by atoms with van der Waals surface area (Å²) in [5, 5.41) is 8.37. The molecule has 4 aliphatic carbocycles. The van der Waals surface area contributed by atoms with Crippen molar-refractivity contribution in [2.75, 3.05) is 101 Å². The van der Waals surface area contributed by atoms with Crippen LogP contribution in [-0.2, 0) is 67.0 Å². The smallest absolute Gasteiger partial charge is 0.378 e. The Labute approximate surface area is 633 Å². The maximum Gasteiger partial charge on any atom is 0.397 e. The van der Waals surface area contributed by atoms with Gasteiger partial charge in [0.2, 0.25) is 70.9 Å². The van der Waals surface area contributed by atoms with E-state index in [4.69, 9.17) is 9.47 Å². The molecule has 8 rings (SSSR count). The van der Waals surface area contributed by atoms with E-state index in [0.717, 1.165) is 29.4 Å². The van der Waals surface area contributed by atoms with Crippen LogP contribution in [0.4, 0.5) is 35.1 Å². The van der Waals surface area contributed by atoms with E-state index in [1.165, 1.54) is 63.1 Å². The Kier molecular flexibility index (Phi) is 30.3. The average Bonchev–Trinajstić information content (AvgIpc) is 1.17. The van der Waals surface area contributed by atoms with Crippen molar-refractivity contribution in [3.63, 3.8) is 0 Å². The van der Waals surface area contributed by atoms with Crippen molar-refractivity contribution in [1.82, 2.24) is 60.0 Å². The Bertz CT molecular complexity index is 3250. The first-order valence-electron chi connectivity index (χ1n) is 39.0. The van der Waals surface area contributed by atoms with Crippen molar-refractivity contribution >= 4 is 70.9 Å². The third kappa shape index (κ3) is 20.9. The van der Waals surface area contributed by atoms with E-state index < -0.39 is 230 Å². The molecule has 109 heavy (non-hydrogen) atoms. The molecule has 0 radical (unpaired) electrons. The third-order valence-corrected chi connectivity index (χ3v) is 24.5. The summed E-state index contributed by atoms with van der Waals surface area (Å²) in [6, 6.07) is -11.4. The number of rotatable bonds is 13. The van der Waals surface area contributed by atoms with Crippen LogP contribution in [0.25, 0.3) is 0 Å². The van der Waals surface area contributed by atoms with Crippen LogP contribution in [0.2, 0.25) is 0 Å². The molecule has 8 fully saturated rings. The Morgan fingerprint density at radius 1 is 0.633 bits per heavy atom. The van der Waals surface area contributed by atoms with Gasteiger partial charge in [0.15, 0.2) is 0 Å². The lowest BCUT2D eigenvalue weighted by molar-refractivity contribution is -0.219. The van der Waals surface area contributed by atoms with Crippen LogP contribution in [0.3, 0.4) is 0 Å². The molecule has 2 bridgehead atoms. The summed E-state index contributed by atoms with van der Waals surface area (Å²) in [5.41, 5.74) is -1.70. The summed E-state index contributed by atoms with van der Waals surface area (Å²) >= 11 is 0. The van der Waals surface area contributed by atoms with Gasteiger partial charge in [-0.15, -0.1) is 6.58 Å². The standard InChI is InChI=1S/C75H114F8N12O14/c1-11-19-53-64(99)85-62(44(4)12-2)70(105)88(6)43-60(98)90(8)54-22-16-17-31-94(69(54)104)57(38-45-23-26-48(27-24-45)74(78,79)80)67(102)87(5)42-58(96)84-52(28-25-46-36-50(76)61(51(77)37-46)75(81,82)83)66(101)95-41-49(109-13-3)39-55(95)65(100)86-73(29-18-30-73)72(107)92(10)63(47-20-14-15-21-47)71(106)91(9)56(40-59(97)89(53)7)68(103)93-32-34-108-35-33-93/h11,44-57,61-63H,1,12-43H2,2-10H3,(H,84,96)(H,85,99)(H,86,100)/t44-,45?,46?,48?,49+,50?,51?,52-,53-,54-,55-,56-,57-,61?,62-,63-/m0/s1. The highest BCUT2D eigenvalue weighted by Gasteiger charge is 2.56. The maximum absolute atomic E-state index is 15.7. The zero-order valence-electron chi connectivity index (χ0n) is 64.5. The minimum absolute atomic E-state index is 0.00416. The SMILES string of the molecule is C=CC[C@H]1C(=O)N[C@@H]([C@@H](C)CC)C(=O)N(C)CC(=O)N(C)[C@H]2CCCCN(C2=O)[C@@H](CC2CCC(C(F)(F)F)CC2)C(=O)N(C)CC(=O)N[C@@H](CCC2CC(F)C(C(F)(F)F)C(F)C2)C(=O)N2C[C@H](OCC)C[C@H]2C(=O)NC2(CCC2)C(=O)N(C)[C@@H](C2CCCC2)C(=O)N(C)[C@H](C(=O)N2CCOCC2)CC(=O)N1C. The molecule has 4 saturated heterocycles. The van der Waals surface area contributed by atoms with E-state index in [1.54, 1.807) is 20.8 Å². The highest BCUT2D eigenvalue weighted by atomic mass is 19.4. The number of hydrogen-bond donors (Lipinski definition) is 3. The van der Waals surface area contributed by atoms with E-state index in [-0.39, 0.29) is 123 Å². The molecular weight excluding hydrogens is 1440 g/mol. The van der Waals surface area contributed by atoms with Gasteiger partial charge in [-0.3, -0.25) is 57.5 Å². The molecule has 0 aromatic carbocycles. The van der Waals surface area contributed by atoms with Gasteiger partial charge in [0, 0.05) is 81.5 Å². The van der Waals surface area contributed by atoms with Crippen LogP contribution in [-0.4, -0.2) is 301 Å². The summed E-state index contributed by atoms with van der Waals surface area (Å²) < 4.78 is 127. The minimum Gasteiger partial charge on any atom is -0.378 e. The number of ether oxygens (including phenoxy) is 2. The van der Waals surface area contributed by atoms with Crippen LogP contribution >= 0.6 is 0 Å². The molecule has 4 heterocycles. The van der Waals surface area contributed by atoms with E-state index in [2.05, 4.69) is 22.5 Å². The number of nitrogens with zero attached hydrogens (tertiary/aromatic N) is 9. The highest BCUT2D eigenvalue weighted by Crippen LogP contribution is 2.46. The molecule has 4 saturated carbocycles. The van der Waals surface area contributed by atoms with Gasteiger partial charge in [-0.2, -0.15) is 26.3 Å². The highest BCUT2D eigenvalue weighted by molar-refractivity contribution is 6.01. The van der Waals surface area contributed by atoms with E-state index in [9.17, 15) is 55.1 Å². The van der Waals surface area contributed by atoms with Crippen molar-refractivity contribution < 1.29 is 102 Å². The number of nitrogens with one attached hydrogen (secondary N) is 3. The second-order valence-corrected chi connectivity index (χ2v) is 31.8. The lowest BCUT2D eigenvalue weighted by Gasteiger charge is -2.47. The molecule has 12 amide bonds. The molecule has 2 unspecified atom stereocenters. The molecule has 614 valence electrons. The summed E-state index contributed by atoms with van der Waals surface area (Å²) in [5.74, 6) is -16.8. The number of carbonyl (C=O) groups excluding carboxylic acids is 12. The normalized spacial score (nSPS) is 32.3. The summed E-state index contributed by atoms with van der Waals surface area (Å²) in [6.07, 6.45) is -14.9. The molecule has 4 aliphatic heterocycles. The Hall–Kier alpha value is -7.26. The predicted molar refractivity (Wildman–Crippen MR) is 381 cm³/mol. The van der Waals surface area contributed by atoms with Crippen molar-refractivity contribution in [2.24, 2.45) is 35.5 Å². The Morgan fingerprint density at radius 3 is 1.83 bits per heavy atom. The molecule has 34 heteroatoms. The fourth-order valence-electron chi connectivity index (χ4n) is 17.5. The molecule has 3 N–H and O–H groups in total. The molecule has 12 atom stereocenters. The average molecular weight is 1560 g/mol. The van der Waals surface area contributed by atoms with Crippen molar-refractivity contribution in [3.8, 4) is 0 Å². The van der Waals surface area contributed by atoms with Crippen molar-refractivity contribution in [1.29, 1.82) is 0 Å². The molecule has 1 spiro atoms. The second-order valence-electron chi connectivity index (χ2n) is 31.8. The third-order valence-electron chi connectivity index (χ3n) is 24.5. The Balaban J connectivity index is 1.20. The van der Waals surface area contributed by atoms with Crippen LogP contribution < -0.4 is 16.0 Å². The minimum atomic E-state index is -5.22. The molecule has 8 aliphatic rings. The zero-order chi connectivity index (χ0) is 80.3. The number of morpholine rings is 1. The summed E-state index contributed by atoms with van der Waals surface area (Å²) in [6.45, 7) is 7.60. The number of likely N-dealkylation sites (N-methyl/N-ethyl adjacent to an activating group) is 6. The van der Waals surface area contributed by atoms with Crippen LogP contribution in [0, 0.1) is 35.5 Å². The van der Waals surface area contributed by atoms with Gasteiger partial charge in [0.05, 0.1) is 44.7 Å². The van der Waals surface area contributed by atoms with Gasteiger partial charge in [-0.1, -0.05) is 39.2 Å². The van der Waals surface area contributed by atoms with E-state index >= 15 is 37.5 Å². The largest absolute Gasteiger partial charge is 0.397 e. The second kappa shape index (κ2) is 37.8. The zero-order valence-corrected chi connectivity index (χ0v) is 64.5. The predicted octanol–water partition coefficient (Wildman–Crippen LogP) is 5.49. The van der Waals surface area contributed by atoms with Crippen LogP contribution in [0.15, 0.2) is 12.7 Å². The number of alkyl halides is 8. The number of hydrogen-bond acceptors (Lipinski definition) is 14. The first-order chi connectivity index (χ1) is 51.4. The summed E-state index contributed by atoms with van der Waals surface area (Å²) in [7, 11) is 7.97. The molecule has 26 nitrogen and oxygen atoms in total. The monoisotopic (exact) mass is 1560 g/mol. The van der Waals surface area contributed by atoms with Gasteiger partial charge >= 0.3 is 12.4 Å². The molecular formula is C75H114F8N12O14. The number of halogens is 8. The van der Waals surface area contributed by atoms with Crippen LogP contribution in [0.1, 0.15) is 168 Å². The van der Waals surface area contributed by atoms with Gasteiger partial charge in [0.25, 0.3) is 0 Å². The fourth-order valence-corrected chi connectivity index (χ4v) is 17.5. The molecule has 0 aromatic rings. The lowest BCUT2D eigenvalue weighted by Crippen LogP contribution is -2.68. The van der Waals surface area contributed by atoms with Gasteiger partial charge in [-0.05, 0) is 146 Å².